The zero-order chi connectivity index (χ0) is 14.7. The Morgan fingerprint density at radius 2 is 2.05 bits per heavy atom. The number of fused-ring (bicyclic) bond motifs is 1. The molecule has 0 aliphatic carbocycles. The van der Waals surface area contributed by atoms with Crippen LogP contribution < -0.4 is 5.56 Å². The van der Waals surface area contributed by atoms with Crippen LogP contribution in [0.5, 0.6) is 0 Å². The van der Waals surface area contributed by atoms with Crippen LogP contribution in [0.1, 0.15) is 12.8 Å². The molecule has 2 heterocycles. The van der Waals surface area contributed by atoms with Gasteiger partial charge in [0, 0.05) is 25.5 Å². The van der Waals surface area contributed by atoms with Gasteiger partial charge in [-0.1, -0.05) is 5.21 Å². The lowest BCUT2D eigenvalue weighted by molar-refractivity contribution is 0.489. The minimum absolute atomic E-state index is 0.264. The van der Waals surface area contributed by atoms with Gasteiger partial charge in [-0.2, -0.15) is 0 Å². The zero-order valence-electron chi connectivity index (χ0n) is 11.3. The van der Waals surface area contributed by atoms with E-state index in [-0.39, 0.29) is 10.9 Å². The first kappa shape index (κ1) is 13.4. The average Bonchev–Trinajstić information content (AvgIpc) is 2.99. The highest BCUT2D eigenvalue weighted by Crippen LogP contribution is 2.07. The molecule has 21 heavy (non-hydrogen) atoms. The molecule has 2 aromatic heterocycles. The molecular weight excluding hydrogens is 273 g/mol. The number of imidazole rings is 1. The predicted molar refractivity (Wildman–Crippen MR) is 75.2 cm³/mol. The molecule has 1 aromatic carbocycles. The van der Waals surface area contributed by atoms with Crippen molar-refractivity contribution in [3.05, 3.63) is 53.1 Å². The lowest BCUT2D eigenvalue weighted by Crippen LogP contribution is -2.24. The number of hydrogen-bond acceptors (Lipinski definition) is 4. The first-order chi connectivity index (χ1) is 10.2. The van der Waals surface area contributed by atoms with E-state index in [0.717, 1.165) is 19.4 Å². The van der Waals surface area contributed by atoms with Crippen molar-refractivity contribution in [3.8, 4) is 0 Å². The molecular formula is C14H14FN5O. The molecule has 0 amide bonds. The molecule has 3 rings (SSSR count). The van der Waals surface area contributed by atoms with Crippen LogP contribution in [-0.4, -0.2) is 24.5 Å². The summed E-state index contributed by atoms with van der Waals surface area (Å²) in [4.78, 5) is 16.1. The molecule has 0 unspecified atom stereocenters. The highest BCUT2D eigenvalue weighted by Gasteiger charge is 2.06. The molecule has 6 nitrogen and oxygen atoms in total. The zero-order valence-corrected chi connectivity index (χ0v) is 11.3. The number of aryl methyl sites for hydroxylation is 2. The van der Waals surface area contributed by atoms with Gasteiger partial charge in [-0.3, -0.25) is 4.79 Å². The number of nitrogens with zero attached hydrogens (tertiary/aromatic N) is 5. The van der Waals surface area contributed by atoms with E-state index in [1.807, 2.05) is 10.8 Å². The van der Waals surface area contributed by atoms with Crippen molar-refractivity contribution in [1.82, 2.24) is 24.5 Å². The quantitative estimate of drug-likeness (QED) is 0.669. The Balaban J connectivity index is 1.69. The number of unbranched alkanes of at least 4 members (excludes halogenated alkanes) is 1. The Morgan fingerprint density at radius 3 is 2.86 bits per heavy atom. The molecule has 0 radical (unpaired) electrons. The summed E-state index contributed by atoms with van der Waals surface area (Å²) in [7, 11) is 0. The number of halogens is 1. The van der Waals surface area contributed by atoms with Crippen LogP contribution in [0.3, 0.4) is 0 Å². The van der Waals surface area contributed by atoms with Crippen molar-refractivity contribution in [3.63, 3.8) is 0 Å². The Kier molecular flexibility index (Phi) is 3.72. The molecule has 0 saturated heterocycles. The van der Waals surface area contributed by atoms with E-state index in [4.69, 9.17) is 0 Å². The topological polar surface area (TPSA) is 65.6 Å². The third-order valence-electron chi connectivity index (χ3n) is 3.28. The van der Waals surface area contributed by atoms with E-state index in [2.05, 4.69) is 15.3 Å². The van der Waals surface area contributed by atoms with Gasteiger partial charge in [-0.25, -0.2) is 14.1 Å². The van der Waals surface area contributed by atoms with Crippen LogP contribution in [0, 0.1) is 5.82 Å². The number of rotatable bonds is 5. The lowest BCUT2D eigenvalue weighted by atomic mass is 10.2. The minimum atomic E-state index is -0.445. The Labute approximate surface area is 119 Å². The summed E-state index contributed by atoms with van der Waals surface area (Å²) in [5, 5.41) is 8.09. The average molecular weight is 287 g/mol. The van der Waals surface area contributed by atoms with Gasteiger partial charge in [0.25, 0.3) is 5.56 Å². The van der Waals surface area contributed by atoms with Crippen molar-refractivity contribution >= 4 is 10.9 Å². The highest BCUT2D eigenvalue weighted by atomic mass is 19.1. The van der Waals surface area contributed by atoms with Gasteiger partial charge >= 0.3 is 0 Å². The number of aromatic nitrogens is 5. The standard InChI is InChI=1S/C14H14FN5O/c15-11-3-4-13-12(9-11)14(21)20(18-17-13)7-2-1-6-19-8-5-16-10-19/h3-5,8-10H,1-2,6-7H2. The summed E-state index contributed by atoms with van der Waals surface area (Å²) in [6.07, 6.45) is 7.06. The van der Waals surface area contributed by atoms with Crippen molar-refractivity contribution in [2.75, 3.05) is 0 Å². The summed E-state index contributed by atoms with van der Waals surface area (Å²) >= 11 is 0. The third-order valence-corrected chi connectivity index (χ3v) is 3.28. The molecule has 0 aliphatic rings. The van der Waals surface area contributed by atoms with Crippen LogP contribution in [0.2, 0.25) is 0 Å². The van der Waals surface area contributed by atoms with E-state index >= 15 is 0 Å². The molecule has 7 heteroatoms. The second kappa shape index (κ2) is 5.82. The van der Waals surface area contributed by atoms with Crippen LogP contribution >= 0.6 is 0 Å². The van der Waals surface area contributed by atoms with E-state index in [1.54, 1.807) is 12.5 Å². The first-order valence-corrected chi connectivity index (χ1v) is 6.73. The summed E-state index contributed by atoms with van der Waals surface area (Å²) in [5.41, 5.74) is 0.109. The fourth-order valence-electron chi connectivity index (χ4n) is 2.17. The highest BCUT2D eigenvalue weighted by molar-refractivity contribution is 5.76. The van der Waals surface area contributed by atoms with Gasteiger partial charge < -0.3 is 4.57 Å². The Bertz CT molecular complexity index is 797. The molecule has 0 bridgehead atoms. The molecule has 3 aromatic rings. The van der Waals surface area contributed by atoms with Gasteiger partial charge in [-0.15, -0.1) is 5.10 Å². The van der Waals surface area contributed by atoms with Crippen LogP contribution in [-0.2, 0) is 13.1 Å². The Hall–Kier alpha value is -2.57. The molecule has 108 valence electrons. The molecule has 0 atom stereocenters. The SMILES string of the molecule is O=c1c2cc(F)ccc2nnn1CCCCn1ccnc1. The summed E-state index contributed by atoms with van der Waals surface area (Å²) < 4.78 is 16.5. The molecule has 0 saturated carbocycles. The largest absolute Gasteiger partial charge is 0.337 e. The lowest BCUT2D eigenvalue weighted by Gasteiger charge is -2.05. The van der Waals surface area contributed by atoms with Crippen molar-refractivity contribution in [1.29, 1.82) is 0 Å². The summed E-state index contributed by atoms with van der Waals surface area (Å²) in [5.74, 6) is -0.445. The van der Waals surface area contributed by atoms with E-state index in [9.17, 15) is 9.18 Å². The van der Waals surface area contributed by atoms with Crippen LogP contribution in [0.4, 0.5) is 4.39 Å². The molecule has 0 spiro atoms. The van der Waals surface area contributed by atoms with E-state index in [0.29, 0.717) is 12.1 Å². The smallest absolute Gasteiger partial charge is 0.277 e. The monoisotopic (exact) mass is 287 g/mol. The van der Waals surface area contributed by atoms with Gasteiger partial charge in [0.2, 0.25) is 0 Å². The maximum Gasteiger partial charge on any atom is 0.277 e. The fourth-order valence-corrected chi connectivity index (χ4v) is 2.17. The maximum atomic E-state index is 13.2. The second-order valence-electron chi connectivity index (χ2n) is 4.79. The molecule has 0 N–H and O–H groups in total. The van der Waals surface area contributed by atoms with E-state index in [1.165, 1.54) is 22.9 Å². The van der Waals surface area contributed by atoms with Gasteiger partial charge in [-0.05, 0) is 31.0 Å². The fraction of sp³-hybridized carbons (Fsp3) is 0.286. The minimum Gasteiger partial charge on any atom is -0.337 e. The number of hydrogen-bond donors (Lipinski definition) is 0. The van der Waals surface area contributed by atoms with Crippen molar-refractivity contribution in [2.24, 2.45) is 0 Å². The molecule has 0 aliphatic heterocycles. The third kappa shape index (κ3) is 2.96. The second-order valence-corrected chi connectivity index (χ2v) is 4.79. The first-order valence-electron chi connectivity index (χ1n) is 6.73. The van der Waals surface area contributed by atoms with Crippen LogP contribution in [0.25, 0.3) is 10.9 Å². The normalized spacial score (nSPS) is 11.1. The van der Waals surface area contributed by atoms with Gasteiger partial charge in [0.1, 0.15) is 11.3 Å². The molecule has 0 fully saturated rings. The summed E-state index contributed by atoms with van der Waals surface area (Å²) in [6, 6.07) is 3.93. The number of benzene rings is 1. The Morgan fingerprint density at radius 1 is 1.19 bits per heavy atom. The predicted octanol–water partition coefficient (Wildman–Crippen LogP) is 1.61. The van der Waals surface area contributed by atoms with Crippen molar-refractivity contribution < 1.29 is 4.39 Å². The van der Waals surface area contributed by atoms with Gasteiger partial charge in [0.05, 0.1) is 11.7 Å². The van der Waals surface area contributed by atoms with Crippen LogP contribution in [0.15, 0.2) is 41.7 Å². The van der Waals surface area contributed by atoms with Crippen molar-refractivity contribution in [2.45, 2.75) is 25.9 Å². The maximum absolute atomic E-state index is 13.2. The van der Waals surface area contributed by atoms with E-state index < -0.39 is 5.82 Å². The van der Waals surface area contributed by atoms with Gasteiger partial charge in [0.15, 0.2) is 0 Å². The summed E-state index contributed by atoms with van der Waals surface area (Å²) in [6.45, 7) is 1.30.